The quantitative estimate of drug-likeness (QED) is 0.0540. The van der Waals surface area contributed by atoms with Crippen molar-refractivity contribution < 1.29 is 148 Å². The van der Waals surface area contributed by atoms with Crippen LogP contribution in [0.4, 0.5) is 110 Å². The number of hydrogen-bond acceptors (Lipinski definition) is 12. The fourth-order valence-corrected chi connectivity index (χ4v) is 17.3. The van der Waals surface area contributed by atoms with Crippen LogP contribution in [0.15, 0.2) is 291 Å². The highest BCUT2D eigenvalue weighted by molar-refractivity contribution is 5.40. The van der Waals surface area contributed by atoms with Crippen molar-refractivity contribution in [1.82, 2.24) is 19.6 Å². The van der Waals surface area contributed by atoms with Crippen LogP contribution in [0.25, 0.3) is 0 Å². The van der Waals surface area contributed by atoms with Gasteiger partial charge >= 0.3 is 43.2 Å². The van der Waals surface area contributed by atoms with E-state index in [0.717, 1.165) is 39.9 Å². The molecule has 0 saturated carbocycles. The lowest BCUT2D eigenvalue weighted by Gasteiger charge is -2.42. The SMILES string of the molecule is C[C@@H](O[C@H]1OCCN(Cc2ccccc2)[C@@H]1c1ccc(F)cc1)c1cc(C(F)(F)F)cc(C(F)(F)F)c1.C[C@H](O[C@@H]1OCCN(Cc2ccccc2)[C@H]1c1ccc(F)cc1)c1cc(C(F)(F)F)cc(C(F)(F)F)c1.C[C@H](O[C@H]1OCCN(Cc2ccccc2)[C@@H]1c1ccc(F)cc1)c1cc(C(F)(F)F)cc(C(F)(F)F)c1.Cc1cc([C@@H](C)O[C@@H]2OCCN(Cc3ccccc3)[C@H]2c2ccc(F)cc2)cc(C(F)(F)F)c1. The van der Waals surface area contributed by atoms with E-state index in [9.17, 15) is 110 Å². The van der Waals surface area contributed by atoms with Crippen LogP contribution >= 0.6 is 0 Å². The van der Waals surface area contributed by atoms with Gasteiger partial charge in [0, 0.05) is 52.4 Å². The lowest BCUT2D eigenvalue weighted by atomic mass is 10.00. The number of halogens is 25. The zero-order valence-corrected chi connectivity index (χ0v) is 78.1. The van der Waals surface area contributed by atoms with E-state index in [1.165, 1.54) is 69.3 Å². The molecule has 0 bridgehead atoms. The molecule has 0 amide bonds. The van der Waals surface area contributed by atoms with Gasteiger partial charge < -0.3 is 37.9 Å². The van der Waals surface area contributed by atoms with Crippen molar-refractivity contribution >= 4 is 0 Å². The minimum Gasteiger partial charge on any atom is -0.349 e. The summed E-state index contributed by atoms with van der Waals surface area (Å²) in [6, 6.07) is 67.5. The largest absolute Gasteiger partial charge is 0.416 e. The van der Waals surface area contributed by atoms with Gasteiger partial charge in [-0.25, -0.2) is 17.6 Å². The summed E-state index contributed by atoms with van der Waals surface area (Å²) in [7, 11) is 0. The third kappa shape index (κ3) is 30.8. The minimum absolute atomic E-state index is 0.0796. The van der Waals surface area contributed by atoms with Crippen LogP contribution in [0, 0.1) is 30.2 Å². The summed E-state index contributed by atoms with van der Waals surface area (Å²) < 4.78 is 383. The standard InChI is InChI=1S/3C27H24F7NO2.C27H27F4NO2/c3*1-17(20-13-21(26(29,30)31)15-22(14-20)27(32,33)34)37-25-24(19-7-9-23(28)10-8-19)35(11-12-36-25)16-18-5-3-2-4-6-18;1-18-14-22(16-23(15-18)27(29,30)31)19(2)34-26-25(21-8-10-24(28)11-9-21)32(12-13-33-26)17-20-6-4-3-5-7-20/h3*2-10,13-15,17,24-25H,11-12,16H2,1H3;3-11,14-16,19,25-26H,12-13,17H2,1-2H3/t17-,24+,25+;2*17-,24-,25-;19-,25+,26+/m0101/s1. The normalized spacial score (nSPS) is 20.2. The van der Waals surface area contributed by atoms with Crippen molar-refractivity contribution in [3.63, 3.8) is 0 Å². The molecule has 12 aromatic carbocycles. The summed E-state index contributed by atoms with van der Waals surface area (Å²) in [5, 5.41) is 0. The molecule has 12 aromatic rings. The molecule has 0 unspecified atom stereocenters. The first-order valence-electron chi connectivity index (χ1n) is 45.7. The molecule has 12 atom stereocenters. The second-order valence-corrected chi connectivity index (χ2v) is 35.0. The molecule has 4 heterocycles. The van der Waals surface area contributed by atoms with E-state index >= 15 is 0 Å². The zero-order chi connectivity index (χ0) is 105. The summed E-state index contributed by atoms with van der Waals surface area (Å²) in [4.78, 5) is 8.27. The monoisotopic (exact) mass is 2050 g/mol. The van der Waals surface area contributed by atoms with Crippen molar-refractivity contribution in [3.8, 4) is 0 Å². The summed E-state index contributed by atoms with van der Waals surface area (Å²) in [5.41, 5.74) is -2.38. The topological polar surface area (TPSA) is 86.8 Å². The van der Waals surface area contributed by atoms with Crippen molar-refractivity contribution in [2.24, 2.45) is 0 Å². The maximum atomic E-state index is 13.6. The average molecular weight is 2060 g/mol. The van der Waals surface area contributed by atoms with E-state index in [0.29, 0.717) is 123 Å². The van der Waals surface area contributed by atoms with Gasteiger partial charge in [-0.3, -0.25) is 19.6 Å². The fourth-order valence-electron chi connectivity index (χ4n) is 17.3. The lowest BCUT2D eigenvalue weighted by molar-refractivity contribution is -0.231. The number of hydrogen-bond donors (Lipinski definition) is 0. The fraction of sp³-hybridized carbons (Fsp3) is 0.333. The number of nitrogens with zero attached hydrogens (tertiary/aromatic N) is 4. The molecule has 37 heteroatoms. The molecule has 0 spiro atoms. The predicted octanol–water partition coefficient (Wildman–Crippen LogP) is 29.5. The van der Waals surface area contributed by atoms with Crippen LogP contribution < -0.4 is 0 Å². The van der Waals surface area contributed by atoms with Gasteiger partial charge in [0.25, 0.3) is 0 Å². The molecule has 4 aliphatic heterocycles. The highest BCUT2D eigenvalue weighted by atomic mass is 19.4. The highest BCUT2D eigenvalue weighted by Crippen LogP contribution is 2.47. The molecule has 0 radical (unpaired) electrons. The van der Waals surface area contributed by atoms with E-state index in [-0.39, 0.29) is 66.6 Å². The van der Waals surface area contributed by atoms with E-state index in [1.807, 2.05) is 136 Å². The molecule has 4 fully saturated rings. The first kappa shape index (κ1) is 111. The molecule has 4 aliphatic rings. The third-order valence-electron chi connectivity index (χ3n) is 24.5. The first-order valence-corrected chi connectivity index (χ1v) is 45.7. The van der Waals surface area contributed by atoms with Crippen molar-refractivity contribution in [1.29, 1.82) is 0 Å². The molecule has 16 rings (SSSR count). The molecule has 0 N–H and O–H groups in total. The molecular weight excluding hydrogens is 1960 g/mol. The molecule has 0 aliphatic carbocycles. The van der Waals surface area contributed by atoms with Crippen LogP contribution in [0.1, 0.15) is 188 Å². The first-order chi connectivity index (χ1) is 68.4. The average Bonchev–Trinajstić information content (AvgIpc) is 0.781. The molecule has 774 valence electrons. The van der Waals surface area contributed by atoms with Gasteiger partial charge in [0.1, 0.15) is 23.3 Å². The maximum absolute atomic E-state index is 13.6. The number of morpholine rings is 4. The van der Waals surface area contributed by atoms with Gasteiger partial charge in [-0.2, -0.15) is 92.2 Å². The van der Waals surface area contributed by atoms with Crippen molar-refractivity contribution in [2.75, 3.05) is 52.6 Å². The Kier molecular flexibility index (Phi) is 36.6. The predicted molar refractivity (Wildman–Crippen MR) is 486 cm³/mol. The van der Waals surface area contributed by atoms with Crippen molar-refractivity contribution in [3.05, 3.63) is 426 Å². The van der Waals surface area contributed by atoms with Crippen LogP contribution in [0.2, 0.25) is 0 Å². The van der Waals surface area contributed by atoms with Gasteiger partial charge in [0.15, 0.2) is 25.2 Å². The number of alkyl halides is 21. The summed E-state index contributed by atoms with van der Waals surface area (Å²) >= 11 is 0. The molecule has 145 heavy (non-hydrogen) atoms. The Balaban J connectivity index is 0.000000162. The smallest absolute Gasteiger partial charge is 0.349 e. The van der Waals surface area contributed by atoms with Crippen molar-refractivity contribution in [2.45, 2.75) is 178 Å². The second-order valence-electron chi connectivity index (χ2n) is 35.0. The Morgan fingerprint density at radius 3 is 0.593 bits per heavy atom. The number of rotatable bonds is 24. The number of aryl methyl sites for hydroxylation is 1. The van der Waals surface area contributed by atoms with Gasteiger partial charge in [-0.15, -0.1) is 0 Å². The van der Waals surface area contributed by atoms with Crippen LogP contribution in [0.5, 0.6) is 0 Å². The highest BCUT2D eigenvalue weighted by Gasteiger charge is 2.46. The molecule has 12 nitrogen and oxygen atoms in total. The number of benzene rings is 12. The Hall–Kier alpha value is -11.6. The Bertz CT molecular complexity index is 5570. The van der Waals surface area contributed by atoms with E-state index in [4.69, 9.17) is 37.9 Å². The van der Waals surface area contributed by atoms with Crippen LogP contribution in [-0.4, -0.2) is 97.4 Å². The lowest BCUT2D eigenvalue weighted by Crippen LogP contribution is -2.46. The zero-order valence-electron chi connectivity index (χ0n) is 78.1. The molecule has 0 aromatic heterocycles. The Labute approximate surface area is 819 Å². The molecular formula is C108H99F25N4O8. The molecule has 4 saturated heterocycles. The van der Waals surface area contributed by atoms with Crippen LogP contribution in [-0.2, 0) is 107 Å². The second kappa shape index (κ2) is 47.9. The summed E-state index contributed by atoms with van der Waals surface area (Å²) in [6.07, 6.45) is -42.3. The Morgan fingerprint density at radius 2 is 0.414 bits per heavy atom. The Morgan fingerprint density at radius 1 is 0.241 bits per heavy atom. The summed E-state index contributed by atoms with van der Waals surface area (Å²) in [5.74, 6) is -1.71. The van der Waals surface area contributed by atoms with Gasteiger partial charge in [0.05, 0.1) is 114 Å². The number of ether oxygens (including phenoxy) is 8. The minimum atomic E-state index is -4.97. The van der Waals surface area contributed by atoms with E-state index in [2.05, 4.69) is 4.90 Å². The third-order valence-corrected chi connectivity index (χ3v) is 24.5. The van der Waals surface area contributed by atoms with Gasteiger partial charge in [-0.05, 0) is 217 Å². The van der Waals surface area contributed by atoms with Gasteiger partial charge in [0.2, 0.25) is 0 Å². The van der Waals surface area contributed by atoms with Crippen LogP contribution in [0.3, 0.4) is 0 Å². The van der Waals surface area contributed by atoms with E-state index < -0.39 is 167 Å². The van der Waals surface area contributed by atoms with Gasteiger partial charge in [-0.1, -0.05) is 181 Å². The van der Waals surface area contributed by atoms with E-state index in [1.54, 1.807) is 68.4 Å². The summed E-state index contributed by atoms with van der Waals surface area (Å²) in [6.45, 7) is 12.7. The maximum Gasteiger partial charge on any atom is 0.416 e.